The number of piperazine rings is 1. The maximum absolute atomic E-state index is 12.4. The van der Waals surface area contributed by atoms with Crippen molar-refractivity contribution in [3.63, 3.8) is 0 Å². The molecule has 0 radical (unpaired) electrons. The summed E-state index contributed by atoms with van der Waals surface area (Å²) in [5.74, 6) is -1.30. The van der Waals surface area contributed by atoms with E-state index in [0.717, 1.165) is 11.4 Å². The zero-order valence-corrected chi connectivity index (χ0v) is 16.1. The molecule has 1 fully saturated rings. The number of amides is 2. The highest BCUT2D eigenvalue weighted by Gasteiger charge is 2.33. The monoisotopic (exact) mass is 374 g/mol. The van der Waals surface area contributed by atoms with Crippen molar-refractivity contribution >= 4 is 17.8 Å². The third kappa shape index (κ3) is 5.03. The van der Waals surface area contributed by atoms with E-state index in [1.54, 1.807) is 9.80 Å². The van der Waals surface area contributed by atoms with Gasteiger partial charge in [0.2, 0.25) is 0 Å². The summed E-state index contributed by atoms with van der Waals surface area (Å²) in [6.07, 6.45) is 0. The molecule has 4 heterocycles. The maximum Gasteiger partial charge on any atom is 0.320 e. The van der Waals surface area contributed by atoms with Crippen LogP contribution in [0.4, 0.5) is 0 Å². The molecule has 27 heavy (non-hydrogen) atoms. The second-order valence-electron chi connectivity index (χ2n) is 7.94. The smallest absolute Gasteiger partial charge is 0.320 e. The molecule has 3 aliphatic rings. The van der Waals surface area contributed by atoms with Gasteiger partial charge >= 0.3 is 17.8 Å². The molecule has 0 unspecified atom stereocenters. The van der Waals surface area contributed by atoms with E-state index in [4.69, 9.17) is 4.74 Å². The van der Waals surface area contributed by atoms with E-state index in [0.29, 0.717) is 39.3 Å². The van der Waals surface area contributed by atoms with Crippen LogP contribution >= 0.6 is 0 Å². The first-order chi connectivity index (χ1) is 12.7. The lowest BCUT2D eigenvalue weighted by Gasteiger charge is -2.35. The Morgan fingerprint density at radius 3 is 2.30 bits per heavy atom. The lowest BCUT2D eigenvalue weighted by Crippen LogP contribution is -2.55. The maximum atomic E-state index is 12.4. The van der Waals surface area contributed by atoms with Crippen molar-refractivity contribution in [3.05, 3.63) is 29.6 Å². The van der Waals surface area contributed by atoms with Gasteiger partial charge < -0.3 is 14.5 Å². The molecule has 3 aliphatic heterocycles. The molecule has 8 heteroatoms. The standard InChI is InChI=1S/C19H26N4O4/c1-19(2,3)27-16(24)13-21-7-8-22-9-10-23(18(26)17(22)25)12-15-6-4-5-14(11-21)20-15/h4-6H,7-13H2,1-3H3. The van der Waals surface area contributed by atoms with Crippen LogP contribution in [0.2, 0.25) is 0 Å². The molecule has 1 aromatic heterocycles. The SMILES string of the molecule is CC(C)(C)OC(=O)CN1CCN2CCN(Cc3cccc(n3)C1)C(=O)C2=O. The number of carbonyl (C=O) groups excluding carboxylic acids is 3. The Hall–Kier alpha value is -2.48. The van der Waals surface area contributed by atoms with Crippen molar-refractivity contribution in [3.8, 4) is 0 Å². The van der Waals surface area contributed by atoms with Crippen molar-refractivity contribution in [2.75, 3.05) is 32.7 Å². The van der Waals surface area contributed by atoms with Crippen molar-refractivity contribution in [1.82, 2.24) is 19.7 Å². The summed E-state index contributed by atoms with van der Waals surface area (Å²) < 4.78 is 5.43. The molecule has 0 aromatic carbocycles. The third-order valence-corrected chi connectivity index (χ3v) is 4.46. The van der Waals surface area contributed by atoms with Crippen LogP contribution in [0, 0.1) is 0 Å². The Morgan fingerprint density at radius 2 is 1.59 bits per heavy atom. The lowest BCUT2D eigenvalue weighted by atomic mass is 10.2. The van der Waals surface area contributed by atoms with Gasteiger partial charge in [0.05, 0.1) is 24.5 Å². The van der Waals surface area contributed by atoms with Crippen LogP contribution in [-0.2, 0) is 32.2 Å². The first kappa shape index (κ1) is 19.3. The molecule has 2 amide bonds. The number of aromatic nitrogens is 1. The van der Waals surface area contributed by atoms with E-state index in [2.05, 4.69) is 4.98 Å². The van der Waals surface area contributed by atoms with Gasteiger partial charge in [0.25, 0.3) is 0 Å². The highest BCUT2D eigenvalue weighted by atomic mass is 16.6. The minimum Gasteiger partial charge on any atom is -0.459 e. The van der Waals surface area contributed by atoms with Crippen LogP contribution < -0.4 is 0 Å². The molecule has 0 saturated carbocycles. The summed E-state index contributed by atoms with van der Waals surface area (Å²) in [6.45, 7) is 8.22. The van der Waals surface area contributed by atoms with Gasteiger partial charge in [-0.2, -0.15) is 0 Å². The van der Waals surface area contributed by atoms with E-state index < -0.39 is 17.4 Å². The highest BCUT2D eigenvalue weighted by molar-refractivity contribution is 6.35. The quantitative estimate of drug-likeness (QED) is 0.551. The number of nitrogens with zero attached hydrogens (tertiary/aromatic N) is 4. The summed E-state index contributed by atoms with van der Waals surface area (Å²) >= 11 is 0. The second kappa shape index (κ2) is 7.64. The summed E-state index contributed by atoms with van der Waals surface area (Å²) in [6, 6.07) is 5.63. The van der Waals surface area contributed by atoms with E-state index in [-0.39, 0.29) is 12.5 Å². The Balaban J connectivity index is 1.82. The van der Waals surface area contributed by atoms with E-state index in [1.165, 1.54) is 0 Å². The summed E-state index contributed by atoms with van der Waals surface area (Å²) in [7, 11) is 0. The van der Waals surface area contributed by atoms with Gasteiger partial charge in [0.1, 0.15) is 5.60 Å². The Morgan fingerprint density at radius 1 is 1.00 bits per heavy atom. The molecule has 0 atom stereocenters. The molecule has 4 bridgehead atoms. The van der Waals surface area contributed by atoms with Crippen molar-refractivity contribution in [2.45, 2.75) is 39.5 Å². The van der Waals surface area contributed by atoms with Crippen molar-refractivity contribution < 1.29 is 19.1 Å². The minimum atomic E-state index is -0.555. The van der Waals surface area contributed by atoms with E-state index >= 15 is 0 Å². The molecular formula is C19H26N4O4. The third-order valence-electron chi connectivity index (χ3n) is 4.46. The number of fused-ring (bicyclic) bond motifs is 5. The number of hydrogen-bond acceptors (Lipinski definition) is 6. The van der Waals surface area contributed by atoms with Gasteiger partial charge in [-0.25, -0.2) is 0 Å². The number of hydrogen-bond donors (Lipinski definition) is 0. The van der Waals surface area contributed by atoms with E-state index in [9.17, 15) is 14.4 Å². The van der Waals surface area contributed by atoms with Gasteiger partial charge in [-0.3, -0.25) is 24.3 Å². The minimum absolute atomic E-state index is 0.102. The van der Waals surface area contributed by atoms with Crippen LogP contribution in [-0.4, -0.2) is 75.8 Å². The summed E-state index contributed by atoms with van der Waals surface area (Å²) in [5, 5.41) is 0. The fraction of sp³-hybridized carbons (Fsp3) is 0.579. The summed E-state index contributed by atoms with van der Waals surface area (Å²) in [5.41, 5.74) is 1.00. The van der Waals surface area contributed by atoms with Crippen LogP contribution in [0.25, 0.3) is 0 Å². The van der Waals surface area contributed by atoms with Crippen LogP contribution in [0.15, 0.2) is 18.2 Å². The average molecular weight is 374 g/mol. The molecule has 0 N–H and O–H groups in total. The summed E-state index contributed by atoms with van der Waals surface area (Å²) in [4.78, 5) is 46.6. The first-order valence-corrected chi connectivity index (χ1v) is 9.18. The zero-order chi connectivity index (χ0) is 19.6. The molecule has 1 aromatic rings. The predicted octanol–water partition coefficient (Wildman–Crippen LogP) is 0.410. The van der Waals surface area contributed by atoms with Gasteiger partial charge in [-0.15, -0.1) is 0 Å². The van der Waals surface area contributed by atoms with Crippen LogP contribution in [0.5, 0.6) is 0 Å². The predicted molar refractivity (Wildman–Crippen MR) is 97.4 cm³/mol. The van der Waals surface area contributed by atoms with Crippen molar-refractivity contribution in [2.24, 2.45) is 0 Å². The highest BCUT2D eigenvalue weighted by Crippen LogP contribution is 2.14. The van der Waals surface area contributed by atoms with Gasteiger partial charge in [0.15, 0.2) is 0 Å². The number of rotatable bonds is 2. The number of esters is 1. The average Bonchev–Trinajstić information content (AvgIpc) is 2.56. The number of pyridine rings is 1. The van der Waals surface area contributed by atoms with Gasteiger partial charge in [-0.05, 0) is 32.9 Å². The Bertz CT molecular complexity index is 743. The molecule has 4 rings (SSSR count). The molecular weight excluding hydrogens is 348 g/mol. The van der Waals surface area contributed by atoms with Crippen LogP contribution in [0.1, 0.15) is 32.2 Å². The largest absolute Gasteiger partial charge is 0.459 e. The van der Waals surface area contributed by atoms with Crippen LogP contribution in [0.3, 0.4) is 0 Å². The fourth-order valence-corrected chi connectivity index (χ4v) is 3.24. The van der Waals surface area contributed by atoms with Crippen molar-refractivity contribution in [1.29, 1.82) is 0 Å². The Labute approximate surface area is 159 Å². The fourth-order valence-electron chi connectivity index (χ4n) is 3.24. The number of ether oxygens (including phenoxy) is 1. The zero-order valence-electron chi connectivity index (χ0n) is 16.1. The first-order valence-electron chi connectivity index (χ1n) is 9.18. The van der Waals surface area contributed by atoms with E-state index in [1.807, 2.05) is 43.9 Å². The van der Waals surface area contributed by atoms with Gasteiger partial charge in [0, 0.05) is 32.7 Å². The van der Waals surface area contributed by atoms with Gasteiger partial charge in [-0.1, -0.05) is 6.07 Å². The lowest BCUT2D eigenvalue weighted by molar-refractivity contribution is -0.158. The topological polar surface area (TPSA) is 83.1 Å². The molecule has 0 spiro atoms. The molecule has 146 valence electrons. The normalized spacial score (nSPS) is 18.9. The number of carbonyl (C=O) groups is 3. The molecule has 8 nitrogen and oxygen atoms in total. The molecule has 1 saturated heterocycles. The molecule has 0 aliphatic carbocycles. The second-order valence-corrected chi connectivity index (χ2v) is 7.94. The Kier molecular flexibility index (Phi) is 5.46.